The van der Waals surface area contributed by atoms with Gasteiger partial charge in [-0.1, -0.05) is 0 Å². The van der Waals surface area contributed by atoms with Gasteiger partial charge >= 0.3 is 0 Å². The first-order valence-electron chi connectivity index (χ1n) is 6.56. The van der Waals surface area contributed by atoms with Crippen molar-refractivity contribution in [1.82, 2.24) is 9.88 Å². The molecule has 1 aromatic heterocycles. The van der Waals surface area contributed by atoms with Gasteiger partial charge in [0.05, 0.1) is 6.42 Å². The van der Waals surface area contributed by atoms with Crippen LogP contribution in [-0.4, -0.2) is 42.6 Å². The average Bonchev–Trinajstić information content (AvgIpc) is 2.69. The van der Waals surface area contributed by atoms with E-state index in [-0.39, 0.29) is 5.91 Å². The van der Waals surface area contributed by atoms with Gasteiger partial charge in [0.15, 0.2) is 3.95 Å². The van der Waals surface area contributed by atoms with Crippen LogP contribution in [0.5, 0.6) is 0 Å². The van der Waals surface area contributed by atoms with Crippen LogP contribution in [0.4, 0.5) is 0 Å². The molecule has 0 spiro atoms. The SMILES string of the molecule is Cc1[nH]c(=S)sc1CC(=O)N(C)CC1CCOCC1. The number of ether oxygens (including phenoxy) is 1. The van der Waals surface area contributed by atoms with Crippen molar-refractivity contribution < 1.29 is 9.53 Å². The second-order valence-electron chi connectivity index (χ2n) is 5.07. The summed E-state index contributed by atoms with van der Waals surface area (Å²) in [4.78, 5) is 18.2. The fourth-order valence-corrected chi connectivity index (χ4v) is 3.58. The van der Waals surface area contributed by atoms with E-state index >= 15 is 0 Å². The van der Waals surface area contributed by atoms with Gasteiger partial charge in [0.2, 0.25) is 5.91 Å². The van der Waals surface area contributed by atoms with Gasteiger partial charge in [0.25, 0.3) is 0 Å². The lowest BCUT2D eigenvalue weighted by Gasteiger charge is -2.27. The van der Waals surface area contributed by atoms with Crippen molar-refractivity contribution in [2.24, 2.45) is 5.92 Å². The molecule has 4 nitrogen and oxygen atoms in total. The molecule has 1 amide bonds. The van der Waals surface area contributed by atoms with E-state index in [2.05, 4.69) is 4.98 Å². The normalized spacial score (nSPS) is 16.5. The van der Waals surface area contributed by atoms with Gasteiger partial charge in [-0.3, -0.25) is 4.79 Å². The Hall–Kier alpha value is -0.720. The van der Waals surface area contributed by atoms with Crippen molar-refractivity contribution >= 4 is 29.5 Å². The minimum atomic E-state index is 0.167. The molecule has 1 aromatic rings. The Labute approximate surface area is 122 Å². The third kappa shape index (κ3) is 4.12. The summed E-state index contributed by atoms with van der Waals surface area (Å²) in [6.45, 7) is 4.44. The Balaban J connectivity index is 1.88. The zero-order valence-electron chi connectivity index (χ0n) is 11.4. The van der Waals surface area contributed by atoms with Crippen molar-refractivity contribution in [2.45, 2.75) is 26.2 Å². The molecule has 19 heavy (non-hydrogen) atoms. The highest BCUT2D eigenvalue weighted by Crippen LogP contribution is 2.18. The van der Waals surface area contributed by atoms with Gasteiger partial charge in [-0.2, -0.15) is 0 Å². The van der Waals surface area contributed by atoms with E-state index in [4.69, 9.17) is 17.0 Å². The number of hydrogen-bond donors (Lipinski definition) is 1. The third-order valence-corrected chi connectivity index (χ3v) is 4.87. The maximum Gasteiger partial charge on any atom is 0.227 e. The second-order valence-corrected chi connectivity index (χ2v) is 6.84. The summed E-state index contributed by atoms with van der Waals surface area (Å²) in [6, 6.07) is 0. The number of aryl methyl sites for hydroxylation is 1. The van der Waals surface area contributed by atoms with E-state index in [9.17, 15) is 4.79 Å². The Kier molecular flexibility index (Phi) is 5.13. The lowest BCUT2D eigenvalue weighted by atomic mass is 10.00. The first kappa shape index (κ1) is 14.7. The van der Waals surface area contributed by atoms with Crippen LogP contribution in [-0.2, 0) is 16.0 Å². The van der Waals surface area contributed by atoms with Gasteiger partial charge in [0.1, 0.15) is 0 Å². The molecule has 0 aliphatic carbocycles. The molecule has 1 saturated heterocycles. The van der Waals surface area contributed by atoms with E-state index in [1.807, 2.05) is 18.9 Å². The van der Waals surface area contributed by atoms with Crippen molar-refractivity contribution in [2.75, 3.05) is 26.8 Å². The Morgan fingerprint density at radius 3 is 2.79 bits per heavy atom. The number of nitrogens with one attached hydrogen (secondary N) is 1. The van der Waals surface area contributed by atoms with Crippen LogP contribution in [0.25, 0.3) is 0 Å². The fraction of sp³-hybridized carbons (Fsp3) is 0.692. The van der Waals surface area contributed by atoms with E-state index in [1.165, 1.54) is 11.3 Å². The molecular formula is C13H20N2O2S2. The lowest BCUT2D eigenvalue weighted by Crippen LogP contribution is -2.35. The molecule has 1 aliphatic rings. The van der Waals surface area contributed by atoms with Gasteiger partial charge in [-0.15, -0.1) is 11.3 Å². The van der Waals surface area contributed by atoms with Gasteiger partial charge in [-0.25, -0.2) is 0 Å². The smallest absolute Gasteiger partial charge is 0.227 e. The molecule has 0 atom stereocenters. The minimum absolute atomic E-state index is 0.167. The lowest BCUT2D eigenvalue weighted by molar-refractivity contribution is -0.130. The predicted molar refractivity (Wildman–Crippen MR) is 79.1 cm³/mol. The molecule has 2 heterocycles. The van der Waals surface area contributed by atoms with Crippen molar-refractivity contribution in [1.29, 1.82) is 0 Å². The molecule has 1 fully saturated rings. The summed E-state index contributed by atoms with van der Waals surface area (Å²) in [5, 5.41) is 0. The van der Waals surface area contributed by atoms with Gasteiger partial charge in [0, 0.05) is 37.4 Å². The first-order valence-corrected chi connectivity index (χ1v) is 7.79. The molecule has 2 rings (SSSR count). The monoisotopic (exact) mass is 300 g/mol. The van der Waals surface area contributed by atoms with Crippen molar-refractivity contribution in [3.63, 3.8) is 0 Å². The summed E-state index contributed by atoms with van der Waals surface area (Å²) in [5.74, 6) is 0.744. The molecule has 0 unspecified atom stereocenters. The summed E-state index contributed by atoms with van der Waals surface area (Å²) in [6.07, 6.45) is 2.56. The number of carbonyl (C=O) groups is 1. The van der Waals surface area contributed by atoms with Crippen LogP contribution in [0.15, 0.2) is 0 Å². The molecule has 1 N–H and O–H groups in total. The molecule has 0 saturated carbocycles. The van der Waals surface area contributed by atoms with Crippen LogP contribution in [0.3, 0.4) is 0 Å². The molecule has 1 aliphatic heterocycles. The van der Waals surface area contributed by atoms with Crippen LogP contribution >= 0.6 is 23.6 Å². The molecule has 6 heteroatoms. The quantitative estimate of drug-likeness (QED) is 0.869. The zero-order chi connectivity index (χ0) is 13.8. The van der Waals surface area contributed by atoms with E-state index < -0.39 is 0 Å². The number of carbonyl (C=O) groups excluding carboxylic acids is 1. The number of aromatic amines is 1. The number of likely N-dealkylation sites (N-methyl/N-ethyl adjacent to an activating group) is 1. The molecular weight excluding hydrogens is 280 g/mol. The molecule has 0 bridgehead atoms. The van der Waals surface area contributed by atoms with Gasteiger partial charge < -0.3 is 14.6 Å². The average molecular weight is 300 g/mol. The number of hydrogen-bond acceptors (Lipinski definition) is 4. The highest BCUT2D eigenvalue weighted by molar-refractivity contribution is 7.73. The highest BCUT2D eigenvalue weighted by Gasteiger charge is 2.19. The van der Waals surface area contributed by atoms with E-state index in [0.717, 1.165) is 47.1 Å². The summed E-state index contributed by atoms with van der Waals surface area (Å²) < 4.78 is 6.08. The third-order valence-electron chi connectivity index (χ3n) is 3.53. The van der Waals surface area contributed by atoms with Crippen LogP contribution in [0.2, 0.25) is 0 Å². The number of thiazole rings is 1. The molecule has 106 valence electrons. The Bertz CT molecular complexity index is 489. The summed E-state index contributed by atoms with van der Waals surface area (Å²) >= 11 is 6.59. The van der Waals surface area contributed by atoms with Crippen LogP contribution < -0.4 is 0 Å². The predicted octanol–water partition coefficient (Wildman–Crippen LogP) is 2.54. The standard InChI is InChI=1S/C13H20N2O2S2/c1-9-11(19-13(18)14-9)7-12(16)15(2)8-10-3-5-17-6-4-10/h10H,3-8H2,1-2H3,(H,14,18). The minimum Gasteiger partial charge on any atom is -0.381 e. The number of H-pyrrole nitrogens is 1. The van der Waals surface area contributed by atoms with Gasteiger partial charge in [-0.05, 0) is 37.9 Å². The topological polar surface area (TPSA) is 45.3 Å². The molecule has 0 aromatic carbocycles. The highest BCUT2D eigenvalue weighted by atomic mass is 32.1. The maximum atomic E-state index is 12.2. The number of rotatable bonds is 4. The van der Waals surface area contributed by atoms with E-state index in [1.54, 1.807) is 0 Å². The van der Waals surface area contributed by atoms with Crippen molar-refractivity contribution in [3.8, 4) is 0 Å². The number of aromatic nitrogens is 1. The fourth-order valence-electron chi connectivity index (χ4n) is 2.30. The second kappa shape index (κ2) is 6.63. The number of amides is 1. The zero-order valence-corrected chi connectivity index (χ0v) is 13.0. The number of nitrogens with zero attached hydrogens (tertiary/aromatic N) is 1. The molecule has 0 radical (unpaired) electrons. The van der Waals surface area contributed by atoms with Crippen LogP contribution in [0.1, 0.15) is 23.4 Å². The largest absolute Gasteiger partial charge is 0.381 e. The first-order chi connectivity index (χ1) is 9.06. The Morgan fingerprint density at radius 2 is 2.21 bits per heavy atom. The maximum absolute atomic E-state index is 12.2. The van der Waals surface area contributed by atoms with E-state index in [0.29, 0.717) is 12.3 Å². The van der Waals surface area contributed by atoms with Crippen LogP contribution in [0, 0.1) is 16.8 Å². The summed E-state index contributed by atoms with van der Waals surface area (Å²) in [5.41, 5.74) is 1.02. The Morgan fingerprint density at radius 1 is 1.53 bits per heavy atom. The van der Waals surface area contributed by atoms with Crippen molar-refractivity contribution in [3.05, 3.63) is 14.5 Å². The summed E-state index contributed by atoms with van der Waals surface area (Å²) in [7, 11) is 1.89.